The van der Waals surface area contributed by atoms with Crippen LogP contribution in [-0.4, -0.2) is 38.7 Å². The van der Waals surface area contributed by atoms with Crippen LogP contribution in [0.4, 0.5) is 0 Å². The van der Waals surface area contributed by atoms with Gasteiger partial charge in [-0.25, -0.2) is 4.98 Å². The van der Waals surface area contributed by atoms with Crippen molar-refractivity contribution in [1.82, 2.24) is 19.7 Å². The monoisotopic (exact) mass is 310 g/mol. The van der Waals surface area contributed by atoms with Gasteiger partial charge in [0.15, 0.2) is 5.69 Å². The average molecular weight is 311 g/mol. The molecule has 1 saturated heterocycles. The summed E-state index contributed by atoms with van der Waals surface area (Å²) in [5, 5.41) is 6.65. The van der Waals surface area contributed by atoms with Crippen LogP contribution in [0.2, 0.25) is 5.02 Å². The molecule has 3 heterocycles. The summed E-state index contributed by atoms with van der Waals surface area (Å²) in [6.07, 6.45) is 3.54. The maximum Gasteiger partial charge on any atom is 0.275 e. The van der Waals surface area contributed by atoms with Gasteiger partial charge in [0.2, 0.25) is 0 Å². The van der Waals surface area contributed by atoms with Crippen LogP contribution >= 0.6 is 22.9 Å². The summed E-state index contributed by atoms with van der Waals surface area (Å²) in [7, 11) is 1.76. The van der Waals surface area contributed by atoms with Crippen LogP contribution < -0.4 is 0 Å². The Kier molecular flexibility index (Phi) is 3.76. The second-order valence-electron chi connectivity index (χ2n) is 4.98. The molecule has 0 saturated carbocycles. The first-order valence-corrected chi connectivity index (χ1v) is 7.83. The van der Waals surface area contributed by atoms with Gasteiger partial charge in [-0.3, -0.25) is 9.48 Å². The van der Waals surface area contributed by atoms with Crippen molar-refractivity contribution in [3.63, 3.8) is 0 Å². The van der Waals surface area contributed by atoms with Gasteiger partial charge >= 0.3 is 0 Å². The van der Waals surface area contributed by atoms with E-state index in [-0.39, 0.29) is 5.91 Å². The summed E-state index contributed by atoms with van der Waals surface area (Å²) in [6, 6.07) is 0. The van der Waals surface area contributed by atoms with Crippen LogP contribution in [0.25, 0.3) is 0 Å². The Morgan fingerprint density at radius 1 is 1.45 bits per heavy atom. The highest BCUT2D eigenvalue weighted by molar-refractivity contribution is 7.07. The number of hydrogen-bond acceptors (Lipinski definition) is 4. The van der Waals surface area contributed by atoms with Crippen molar-refractivity contribution in [2.24, 2.45) is 7.05 Å². The van der Waals surface area contributed by atoms with Crippen LogP contribution in [0.5, 0.6) is 0 Å². The molecule has 20 heavy (non-hydrogen) atoms. The molecule has 5 nitrogen and oxygen atoms in total. The van der Waals surface area contributed by atoms with Crippen molar-refractivity contribution >= 4 is 28.8 Å². The minimum Gasteiger partial charge on any atom is -0.337 e. The molecule has 0 radical (unpaired) electrons. The van der Waals surface area contributed by atoms with Gasteiger partial charge in [-0.05, 0) is 12.8 Å². The molecule has 0 N–H and O–H groups in total. The lowest BCUT2D eigenvalue weighted by Crippen LogP contribution is -2.38. The number of aromatic nitrogens is 3. The summed E-state index contributed by atoms with van der Waals surface area (Å²) in [6.45, 7) is 1.46. The van der Waals surface area contributed by atoms with Crippen molar-refractivity contribution in [3.05, 3.63) is 33.5 Å². The molecule has 2 aromatic rings. The molecule has 2 aromatic heterocycles. The second kappa shape index (κ2) is 5.54. The third-order valence-electron chi connectivity index (χ3n) is 3.64. The van der Waals surface area contributed by atoms with Gasteiger partial charge in [0.1, 0.15) is 0 Å². The van der Waals surface area contributed by atoms with Gasteiger partial charge in [-0.2, -0.15) is 5.10 Å². The molecule has 1 aliphatic rings. The molecule has 0 aromatic carbocycles. The number of rotatable bonds is 2. The van der Waals surface area contributed by atoms with E-state index in [2.05, 4.69) is 15.5 Å². The number of amides is 1. The summed E-state index contributed by atoms with van der Waals surface area (Å²) in [5.74, 6) is 0.386. The molecule has 0 unspecified atom stereocenters. The number of piperidine rings is 1. The zero-order valence-electron chi connectivity index (χ0n) is 11.1. The molecule has 0 spiro atoms. The van der Waals surface area contributed by atoms with Crippen molar-refractivity contribution in [2.45, 2.75) is 18.8 Å². The largest absolute Gasteiger partial charge is 0.337 e. The standard InChI is InChI=1S/C13H15ClN4OS/c1-17-6-10(14)12(16-17)13(19)18-4-2-9(3-5-18)11-7-20-8-15-11/h6-9H,2-5H2,1H3. The number of aryl methyl sites for hydroxylation is 1. The van der Waals surface area contributed by atoms with E-state index in [0.717, 1.165) is 31.6 Å². The Labute approximate surface area is 126 Å². The van der Waals surface area contributed by atoms with E-state index in [9.17, 15) is 4.79 Å². The lowest BCUT2D eigenvalue weighted by molar-refractivity contribution is 0.0705. The zero-order valence-corrected chi connectivity index (χ0v) is 12.7. The average Bonchev–Trinajstić information content (AvgIpc) is 3.08. The summed E-state index contributed by atoms with van der Waals surface area (Å²) in [4.78, 5) is 18.6. The van der Waals surface area contributed by atoms with Crippen molar-refractivity contribution in [1.29, 1.82) is 0 Å². The van der Waals surface area contributed by atoms with Crippen molar-refractivity contribution in [2.75, 3.05) is 13.1 Å². The number of likely N-dealkylation sites (tertiary alicyclic amines) is 1. The predicted molar refractivity (Wildman–Crippen MR) is 78.2 cm³/mol. The SMILES string of the molecule is Cn1cc(Cl)c(C(=O)N2CCC(c3cscn3)CC2)n1. The molecule has 7 heteroatoms. The van der Waals surface area contributed by atoms with Gasteiger partial charge in [-0.15, -0.1) is 11.3 Å². The minimum atomic E-state index is -0.0765. The van der Waals surface area contributed by atoms with E-state index in [1.807, 2.05) is 10.4 Å². The first kappa shape index (κ1) is 13.6. The number of carbonyl (C=O) groups is 1. The molecule has 0 bridgehead atoms. The Hall–Kier alpha value is -1.40. The first-order chi connectivity index (χ1) is 9.65. The fourth-order valence-corrected chi connectivity index (χ4v) is 3.45. The maximum atomic E-state index is 12.4. The van der Waals surface area contributed by atoms with Gasteiger partial charge in [0, 0.05) is 37.6 Å². The molecule has 0 aliphatic carbocycles. The Bertz CT molecular complexity index is 602. The van der Waals surface area contributed by atoms with E-state index in [1.165, 1.54) is 0 Å². The van der Waals surface area contributed by atoms with Gasteiger partial charge in [0.05, 0.1) is 16.2 Å². The van der Waals surface area contributed by atoms with Crippen LogP contribution in [0.15, 0.2) is 17.1 Å². The summed E-state index contributed by atoms with van der Waals surface area (Å²) in [5.41, 5.74) is 3.36. The van der Waals surface area contributed by atoms with Crippen LogP contribution in [0.1, 0.15) is 34.9 Å². The molecule has 3 rings (SSSR count). The quantitative estimate of drug-likeness (QED) is 0.856. The van der Waals surface area contributed by atoms with Crippen molar-refractivity contribution < 1.29 is 4.79 Å². The third-order valence-corrected chi connectivity index (χ3v) is 4.52. The Morgan fingerprint density at radius 3 is 2.75 bits per heavy atom. The fraction of sp³-hybridized carbons (Fsp3) is 0.462. The van der Waals surface area contributed by atoms with Gasteiger partial charge < -0.3 is 4.90 Å². The van der Waals surface area contributed by atoms with E-state index >= 15 is 0 Å². The highest BCUT2D eigenvalue weighted by atomic mass is 35.5. The maximum absolute atomic E-state index is 12.4. The molecule has 1 aliphatic heterocycles. The fourth-order valence-electron chi connectivity index (χ4n) is 2.56. The number of thiazole rings is 1. The summed E-state index contributed by atoms with van der Waals surface area (Å²) >= 11 is 7.65. The Balaban J connectivity index is 1.66. The lowest BCUT2D eigenvalue weighted by Gasteiger charge is -2.30. The molecule has 0 atom stereocenters. The topological polar surface area (TPSA) is 51.0 Å². The number of carbonyl (C=O) groups excluding carboxylic acids is 1. The van der Waals surface area contributed by atoms with Crippen LogP contribution in [-0.2, 0) is 7.05 Å². The van der Waals surface area contributed by atoms with E-state index in [0.29, 0.717) is 16.6 Å². The number of nitrogens with zero attached hydrogens (tertiary/aromatic N) is 4. The predicted octanol–water partition coefficient (Wildman–Crippen LogP) is 2.55. The Morgan fingerprint density at radius 2 is 2.20 bits per heavy atom. The van der Waals surface area contributed by atoms with Gasteiger partial charge in [0.25, 0.3) is 5.91 Å². The van der Waals surface area contributed by atoms with E-state index < -0.39 is 0 Å². The smallest absolute Gasteiger partial charge is 0.275 e. The molecular formula is C13H15ClN4OS. The number of halogens is 1. The van der Waals surface area contributed by atoms with E-state index in [1.54, 1.807) is 29.3 Å². The highest BCUT2D eigenvalue weighted by Crippen LogP contribution is 2.28. The van der Waals surface area contributed by atoms with Crippen molar-refractivity contribution in [3.8, 4) is 0 Å². The van der Waals surface area contributed by atoms with Crippen LogP contribution in [0, 0.1) is 0 Å². The molecule has 106 valence electrons. The molecule has 1 fully saturated rings. The summed E-state index contributed by atoms with van der Waals surface area (Å²) < 4.78 is 1.57. The minimum absolute atomic E-state index is 0.0765. The number of hydrogen-bond donors (Lipinski definition) is 0. The molecule has 1 amide bonds. The van der Waals surface area contributed by atoms with Crippen LogP contribution in [0.3, 0.4) is 0 Å². The third kappa shape index (κ3) is 2.58. The zero-order chi connectivity index (χ0) is 14.1. The van der Waals surface area contributed by atoms with E-state index in [4.69, 9.17) is 11.6 Å². The normalized spacial score (nSPS) is 16.6. The highest BCUT2D eigenvalue weighted by Gasteiger charge is 2.27. The first-order valence-electron chi connectivity index (χ1n) is 6.51. The lowest BCUT2D eigenvalue weighted by atomic mass is 9.94. The second-order valence-corrected chi connectivity index (χ2v) is 6.10. The molecular weight excluding hydrogens is 296 g/mol. The van der Waals surface area contributed by atoms with Gasteiger partial charge in [-0.1, -0.05) is 11.6 Å².